The number of halogens is 1. The van der Waals surface area contributed by atoms with Gasteiger partial charge in [-0.3, -0.25) is 4.79 Å². The van der Waals surface area contributed by atoms with Crippen LogP contribution in [0.4, 0.5) is 5.69 Å². The van der Waals surface area contributed by atoms with Crippen LogP contribution in [-0.2, 0) is 0 Å². The predicted octanol–water partition coefficient (Wildman–Crippen LogP) is 3.44. The van der Waals surface area contributed by atoms with E-state index in [4.69, 9.17) is 5.73 Å². The number of carbonyl (C=O) groups excluding carboxylic acids is 1. The molecule has 1 aliphatic rings. The second-order valence-electron chi connectivity index (χ2n) is 6.44. The van der Waals surface area contributed by atoms with E-state index in [9.17, 15) is 4.79 Å². The lowest BCUT2D eigenvalue weighted by atomic mass is 10.0. The predicted molar refractivity (Wildman–Crippen MR) is 81.9 cm³/mol. The third-order valence-electron chi connectivity index (χ3n) is 5.04. The fourth-order valence-corrected chi connectivity index (χ4v) is 3.07. The van der Waals surface area contributed by atoms with Gasteiger partial charge < -0.3 is 11.1 Å². The van der Waals surface area contributed by atoms with E-state index in [-0.39, 0.29) is 5.91 Å². The molecule has 1 aliphatic carbocycles. The van der Waals surface area contributed by atoms with Gasteiger partial charge in [-0.2, -0.15) is 0 Å². The Morgan fingerprint density at radius 3 is 2.37 bits per heavy atom. The molecule has 3 N–H and O–H groups in total. The number of nitrogen functional groups attached to an aromatic ring is 1. The highest BCUT2D eigenvalue weighted by Crippen LogP contribution is 2.67. The Labute approximate surface area is 123 Å². The Bertz CT molecular complexity index is 509. The molecule has 2 rings (SSSR count). The molecule has 0 aromatic heterocycles. The maximum absolute atomic E-state index is 12.1. The zero-order valence-electron chi connectivity index (χ0n) is 11.9. The van der Waals surface area contributed by atoms with Gasteiger partial charge in [-0.1, -0.05) is 27.7 Å². The number of anilines is 1. The highest BCUT2D eigenvalue weighted by molar-refractivity contribution is 9.10. The SMILES string of the molecule is CC1(C)C(CNC(=O)c2ccc(Br)c(N)c2)C1(C)C. The van der Waals surface area contributed by atoms with Crippen LogP contribution >= 0.6 is 15.9 Å². The van der Waals surface area contributed by atoms with Gasteiger partial charge in [-0.15, -0.1) is 0 Å². The first-order valence-electron chi connectivity index (χ1n) is 6.51. The molecule has 0 saturated heterocycles. The third kappa shape index (κ3) is 2.38. The van der Waals surface area contributed by atoms with Crippen molar-refractivity contribution >= 4 is 27.5 Å². The first kappa shape index (κ1) is 14.4. The van der Waals surface area contributed by atoms with Crippen molar-refractivity contribution in [3.8, 4) is 0 Å². The molecule has 104 valence electrons. The molecule has 1 amide bonds. The lowest BCUT2D eigenvalue weighted by Crippen LogP contribution is -2.27. The van der Waals surface area contributed by atoms with Crippen LogP contribution in [0.5, 0.6) is 0 Å². The van der Waals surface area contributed by atoms with Gasteiger partial charge >= 0.3 is 0 Å². The maximum Gasteiger partial charge on any atom is 0.251 e. The van der Waals surface area contributed by atoms with Crippen LogP contribution in [0.1, 0.15) is 38.1 Å². The fourth-order valence-electron chi connectivity index (χ4n) is 2.83. The average molecular weight is 325 g/mol. The molecule has 1 aromatic rings. The van der Waals surface area contributed by atoms with E-state index in [1.807, 2.05) is 0 Å². The normalized spacial score (nSPS) is 20.1. The Kier molecular flexibility index (Phi) is 3.42. The molecule has 0 atom stereocenters. The molecule has 0 bridgehead atoms. The zero-order valence-corrected chi connectivity index (χ0v) is 13.5. The second-order valence-corrected chi connectivity index (χ2v) is 7.30. The third-order valence-corrected chi connectivity index (χ3v) is 5.77. The van der Waals surface area contributed by atoms with Crippen LogP contribution in [0.25, 0.3) is 0 Å². The number of carbonyl (C=O) groups is 1. The van der Waals surface area contributed by atoms with Crippen molar-refractivity contribution in [3.63, 3.8) is 0 Å². The number of benzene rings is 1. The van der Waals surface area contributed by atoms with E-state index >= 15 is 0 Å². The van der Waals surface area contributed by atoms with E-state index in [0.29, 0.717) is 28.0 Å². The van der Waals surface area contributed by atoms with Gasteiger partial charge in [0.15, 0.2) is 0 Å². The molecule has 1 fully saturated rings. The molecule has 19 heavy (non-hydrogen) atoms. The summed E-state index contributed by atoms with van der Waals surface area (Å²) in [6.07, 6.45) is 0. The number of nitrogens with two attached hydrogens (primary N) is 1. The van der Waals surface area contributed by atoms with Gasteiger partial charge in [0.1, 0.15) is 0 Å². The molecule has 3 nitrogen and oxygen atoms in total. The van der Waals surface area contributed by atoms with Crippen LogP contribution in [0, 0.1) is 16.7 Å². The number of amides is 1. The van der Waals surface area contributed by atoms with Gasteiger partial charge in [0.05, 0.1) is 0 Å². The molecule has 4 heteroatoms. The number of nitrogens with one attached hydrogen (secondary N) is 1. The molecule has 1 saturated carbocycles. The molecule has 0 unspecified atom stereocenters. The molecule has 0 heterocycles. The lowest BCUT2D eigenvalue weighted by Gasteiger charge is -2.07. The van der Waals surface area contributed by atoms with Gasteiger partial charge in [-0.05, 0) is 50.9 Å². The fraction of sp³-hybridized carbons (Fsp3) is 0.533. The molecular formula is C15H21BrN2O. The highest BCUT2D eigenvalue weighted by Gasteiger charge is 2.64. The minimum absolute atomic E-state index is 0.0577. The van der Waals surface area contributed by atoms with Crippen LogP contribution in [0.2, 0.25) is 0 Å². The summed E-state index contributed by atoms with van der Waals surface area (Å²) >= 11 is 3.32. The van der Waals surface area contributed by atoms with E-state index in [2.05, 4.69) is 48.9 Å². The smallest absolute Gasteiger partial charge is 0.251 e. The molecule has 0 aliphatic heterocycles. The largest absolute Gasteiger partial charge is 0.398 e. The summed E-state index contributed by atoms with van der Waals surface area (Å²) in [4.78, 5) is 12.1. The summed E-state index contributed by atoms with van der Waals surface area (Å²) in [5.74, 6) is 0.467. The van der Waals surface area contributed by atoms with Gasteiger partial charge in [0.25, 0.3) is 5.91 Å². The van der Waals surface area contributed by atoms with E-state index in [1.54, 1.807) is 18.2 Å². The van der Waals surface area contributed by atoms with Crippen molar-refractivity contribution in [2.75, 3.05) is 12.3 Å². The van der Waals surface area contributed by atoms with Crippen LogP contribution in [0.3, 0.4) is 0 Å². The summed E-state index contributed by atoms with van der Waals surface area (Å²) < 4.78 is 0.813. The maximum atomic E-state index is 12.1. The van der Waals surface area contributed by atoms with Gasteiger partial charge in [0.2, 0.25) is 0 Å². The Balaban J connectivity index is 1.98. The highest BCUT2D eigenvalue weighted by atomic mass is 79.9. The zero-order chi connectivity index (χ0) is 14.4. The van der Waals surface area contributed by atoms with E-state index < -0.39 is 0 Å². The first-order valence-corrected chi connectivity index (χ1v) is 7.30. The standard InChI is InChI=1S/C15H21BrN2O/c1-14(2)12(15(14,3)4)8-18-13(19)9-5-6-10(16)11(17)7-9/h5-7,12H,8,17H2,1-4H3,(H,18,19). The van der Waals surface area contributed by atoms with E-state index in [1.165, 1.54) is 0 Å². The minimum Gasteiger partial charge on any atom is -0.398 e. The molecule has 1 aromatic carbocycles. The number of hydrogen-bond donors (Lipinski definition) is 2. The topological polar surface area (TPSA) is 55.1 Å². The van der Waals surface area contributed by atoms with Crippen LogP contribution in [-0.4, -0.2) is 12.5 Å². The van der Waals surface area contributed by atoms with Gasteiger partial charge in [-0.25, -0.2) is 0 Å². The molecular weight excluding hydrogens is 304 g/mol. The van der Waals surface area contributed by atoms with Crippen molar-refractivity contribution in [2.45, 2.75) is 27.7 Å². The average Bonchev–Trinajstić information content (AvgIpc) is 2.70. The van der Waals surface area contributed by atoms with Crippen molar-refractivity contribution in [1.82, 2.24) is 5.32 Å². The number of hydrogen-bond acceptors (Lipinski definition) is 2. The van der Waals surface area contributed by atoms with Crippen molar-refractivity contribution in [2.24, 2.45) is 16.7 Å². The Hall–Kier alpha value is -1.03. The van der Waals surface area contributed by atoms with Crippen molar-refractivity contribution < 1.29 is 4.79 Å². The summed E-state index contributed by atoms with van der Waals surface area (Å²) in [6, 6.07) is 5.27. The lowest BCUT2D eigenvalue weighted by molar-refractivity contribution is 0.0950. The Morgan fingerprint density at radius 1 is 1.32 bits per heavy atom. The van der Waals surface area contributed by atoms with Crippen molar-refractivity contribution in [3.05, 3.63) is 28.2 Å². The quantitative estimate of drug-likeness (QED) is 0.837. The minimum atomic E-state index is -0.0577. The van der Waals surface area contributed by atoms with Crippen LogP contribution in [0.15, 0.2) is 22.7 Å². The summed E-state index contributed by atoms with van der Waals surface area (Å²) in [5, 5.41) is 3.01. The van der Waals surface area contributed by atoms with Crippen molar-refractivity contribution in [1.29, 1.82) is 0 Å². The van der Waals surface area contributed by atoms with Gasteiger partial charge in [0, 0.05) is 22.3 Å². The monoisotopic (exact) mass is 324 g/mol. The summed E-state index contributed by atoms with van der Waals surface area (Å²) in [7, 11) is 0. The molecule has 0 spiro atoms. The number of rotatable bonds is 3. The summed E-state index contributed by atoms with van der Waals surface area (Å²) in [6.45, 7) is 9.72. The molecule has 0 radical (unpaired) electrons. The summed E-state index contributed by atoms with van der Waals surface area (Å²) in [5.41, 5.74) is 7.56. The second kappa shape index (κ2) is 4.51. The Morgan fingerprint density at radius 2 is 1.89 bits per heavy atom. The van der Waals surface area contributed by atoms with Crippen LogP contribution < -0.4 is 11.1 Å². The first-order chi connectivity index (χ1) is 8.68. The van der Waals surface area contributed by atoms with E-state index in [0.717, 1.165) is 11.0 Å².